The average Bonchev–Trinajstić information content (AvgIpc) is 2.41. The van der Waals surface area contributed by atoms with Crippen molar-refractivity contribution in [2.45, 2.75) is 13.0 Å². The Morgan fingerprint density at radius 3 is 2.65 bits per heavy atom. The SMILES string of the molecule is CC(O)c1cccc(N=Cc2cc(Cl)cc(Cl)c2O)c1. The summed E-state index contributed by atoms with van der Waals surface area (Å²) in [5, 5.41) is 19.9. The van der Waals surface area contributed by atoms with Crippen molar-refractivity contribution in [3.8, 4) is 5.75 Å². The molecule has 2 N–H and O–H groups in total. The van der Waals surface area contributed by atoms with E-state index in [0.717, 1.165) is 5.56 Å². The molecule has 0 fully saturated rings. The number of hydrogen-bond donors (Lipinski definition) is 2. The molecule has 2 aromatic rings. The minimum Gasteiger partial charge on any atom is -0.506 e. The van der Waals surface area contributed by atoms with Gasteiger partial charge in [-0.25, -0.2) is 0 Å². The Morgan fingerprint density at radius 2 is 1.95 bits per heavy atom. The standard InChI is InChI=1S/C15H13Cl2NO2/c1-9(19)10-3-2-4-13(6-10)18-8-11-5-12(16)7-14(17)15(11)20/h2-9,19-20H,1H3. The molecule has 5 heteroatoms. The molecule has 0 saturated carbocycles. The Bertz CT molecular complexity index is 654. The molecule has 2 rings (SSSR count). The molecule has 0 saturated heterocycles. The average molecular weight is 310 g/mol. The first-order chi connectivity index (χ1) is 9.47. The van der Waals surface area contributed by atoms with E-state index in [2.05, 4.69) is 4.99 Å². The van der Waals surface area contributed by atoms with Crippen LogP contribution >= 0.6 is 23.2 Å². The van der Waals surface area contributed by atoms with Crippen LogP contribution in [0, 0.1) is 0 Å². The fourth-order valence-electron chi connectivity index (χ4n) is 1.69. The Morgan fingerprint density at radius 1 is 1.20 bits per heavy atom. The van der Waals surface area contributed by atoms with Gasteiger partial charge in [-0.1, -0.05) is 35.3 Å². The van der Waals surface area contributed by atoms with Crippen LogP contribution in [0.25, 0.3) is 0 Å². The summed E-state index contributed by atoms with van der Waals surface area (Å²) in [7, 11) is 0. The molecule has 0 aliphatic carbocycles. The molecule has 1 unspecified atom stereocenters. The smallest absolute Gasteiger partial charge is 0.143 e. The second-order valence-corrected chi connectivity index (χ2v) is 5.20. The minimum absolute atomic E-state index is 0.0634. The van der Waals surface area contributed by atoms with E-state index in [1.165, 1.54) is 12.3 Å². The van der Waals surface area contributed by atoms with Crippen LogP contribution in [0.15, 0.2) is 41.4 Å². The highest BCUT2D eigenvalue weighted by Crippen LogP contribution is 2.30. The number of nitrogens with zero attached hydrogens (tertiary/aromatic N) is 1. The van der Waals surface area contributed by atoms with Crippen LogP contribution in [0.1, 0.15) is 24.2 Å². The number of rotatable bonds is 3. The van der Waals surface area contributed by atoms with Crippen LogP contribution < -0.4 is 0 Å². The van der Waals surface area contributed by atoms with E-state index in [9.17, 15) is 10.2 Å². The predicted octanol–water partition coefficient (Wildman–Crippen LogP) is 4.50. The van der Waals surface area contributed by atoms with E-state index in [4.69, 9.17) is 23.2 Å². The lowest BCUT2D eigenvalue weighted by Crippen LogP contribution is -1.89. The molecule has 0 spiro atoms. The number of phenols is 1. The van der Waals surface area contributed by atoms with Gasteiger partial charge in [-0.3, -0.25) is 4.99 Å². The summed E-state index contributed by atoms with van der Waals surface area (Å²) in [6.07, 6.45) is 0.924. The van der Waals surface area contributed by atoms with Gasteiger partial charge >= 0.3 is 0 Å². The quantitative estimate of drug-likeness (QED) is 0.820. The van der Waals surface area contributed by atoms with Crippen molar-refractivity contribution in [1.82, 2.24) is 0 Å². The summed E-state index contributed by atoms with van der Waals surface area (Å²) < 4.78 is 0. The number of hydrogen-bond acceptors (Lipinski definition) is 3. The van der Waals surface area contributed by atoms with E-state index < -0.39 is 6.10 Å². The van der Waals surface area contributed by atoms with E-state index in [-0.39, 0.29) is 10.8 Å². The molecule has 0 aliphatic heterocycles. The molecule has 2 aromatic carbocycles. The van der Waals surface area contributed by atoms with E-state index in [1.807, 2.05) is 6.07 Å². The zero-order valence-corrected chi connectivity index (χ0v) is 12.2. The molecular weight excluding hydrogens is 297 g/mol. The van der Waals surface area contributed by atoms with Crippen LogP contribution in [0.3, 0.4) is 0 Å². The first-order valence-electron chi connectivity index (χ1n) is 5.97. The van der Waals surface area contributed by atoms with Crippen molar-refractivity contribution in [2.24, 2.45) is 4.99 Å². The second kappa shape index (κ2) is 6.27. The lowest BCUT2D eigenvalue weighted by Gasteiger charge is -2.05. The van der Waals surface area contributed by atoms with Gasteiger partial charge in [0.2, 0.25) is 0 Å². The topological polar surface area (TPSA) is 52.8 Å². The molecule has 0 aliphatic rings. The summed E-state index contributed by atoms with van der Waals surface area (Å²) in [4.78, 5) is 4.25. The lowest BCUT2D eigenvalue weighted by molar-refractivity contribution is 0.199. The Balaban J connectivity index is 2.32. The molecule has 0 heterocycles. The van der Waals surface area contributed by atoms with Crippen LogP contribution in [0.4, 0.5) is 5.69 Å². The number of aromatic hydroxyl groups is 1. The van der Waals surface area contributed by atoms with Gasteiger partial charge in [0.15, 0.2) is 0 Å². The van der Waals surface area contributed by atoms with Gasteiger partial charge in [0.25, 0.3) is 0 Å². The third-order valence-electron chi connectivity index (χ3n) is 2.76. The predicted molar refractivity (Wildman–Crippen MR) is 82.5 cm³/mol. The summed E-state index contributed by atoms with van der Waals surface area (Å²) in [5.41, 5.74) is 1.87. The van der Waals surface area contributed by atoms with Gasteiger partial charge in [0.05, 0.1) is 16.8 Å². The van der Waals surface area contributed by atoms with Gasteiger partial charge in [0.1, 0.15) is 5.75 Å². The first kappa shape index (κ1) is 14.9. The fraction of sp³-hybridized carbons (Fsp3) is 0.133. The summed E-state index contributed by atoms with van der Waals surface area (Å²) in [6.45, 7) is 1.69. The Kier molecular flexibility index (Phi) is 4.65. The molecule has 0 bridgehead atoms. The van der Waals surface area contributed by atoms with Crippen molar-refractivity contribution < 1.29 is 10.2 Å². The molecule has 104 valence electrons. The van der Waals surface area contributed by atoms with E-state index >= 15 is 0 Å². The maximum Gasteiger partial charge on any atom is 0.143 e. The summed E-state index contributed by atoms with van der Waals surface area (Å²) in [6, 6.07) is 10.2. The van der Waals surface area contributed by atoms with Gasteiger partial charge < -0.3 is 10.2 Å². The third kappa shape index (κ3) is 3.51. The molecule has 3 nitrogen and oxygen atoms in total. The molecule has 1 atom stereocenters. The lowest BCUT2D eigenvalue weighted by atomic mass is 10.1. The molecular formula is C15H13Cl2NO2. The summed E-state index contributed by atoms with van der Waals surface area (Å²) >= 11 is 11.7. The zero-order valence-electron chi connectivity index (χ0n) is 10.7. The number of halogens is 2. The molecule has 20 heavy (non-hydrogen) atoms. The molecule has 0 radical (unpaired) electrons. The van der Waals surface area contributed by atoms with Gasteiger partial charge in [-0.15, -0.1) is 0 Å². The highest BCUT2D eigenvalue weighted by molar-refractivity contribution is 6.36. The Labute approximate surface area is 127 Å². The second-order valence-electron chi connectivity index (χ2n) is 4.35. The van der Waals surface area contributed by atoms with Gasteiger partial charge in [0, 0.05) is 16.8 Å². The zero-order chi connectivity index (χ0) is 14.7. The van der Waals surface area contributed by atoms with Crippen molar-refractivity contribution in [3.05, 3.63) is 57.6 Å². The van der Waals surface area contributed by atoms with Crippen LogP contribution in [0.5, 0.6) is 5.75 Å². The maximum absolute atomic E-state index is 9.82. The Hall–Kier alpha value is -1.55. The molecule has 0 aromatic heterocycles. The number of aliphatic hydroxyl groups is 1. The maximum atomic E-state index is 9.82. The van der Waals surface area contributed by atoms with Crippen molar-refractivity contribution in [1.29, 1.82) is 0 Å². The van der Waals surface area contributed by atoms with Crippen molar-refractivity contribution in [2.75, 3.05) is 0 Å². The molecule has 0 amide bonds. The van der Waals surface area contributed by atoms with E-state index in [1.54, 1.807) is 31.2 Å². The fourth-order valence-corrected chi connectivity index (χ4v) is 2.20. The first-order valence-corrected chi connectivity index (χ1v) is 6.73. The number of aliphatic imine (C=N–C) groups is 1. The number of phenolic OH excluding ortho intramolecular Hbond substituents is 1. The van der Waals surface area contributed by atoms with Crippen molar-refractivity contribution >= 4 is 35.1 Å². The third-order valence-corrected chi connectivity index (χ3v) is 3.27. The number of aliphatic hydroxyl groups excluding tert-OH is 1. The summed E-state index contributed by atoms with van der Waals surface area (Å²) in [5.74, 6) is -0.0634. The van der Waals surface area contributed by atoms with Crippen LogP contribution in [-0.2, 0) is 0 Å². The monoisotopic (exact) mass is 309 g/mol. The minimum atomic E-state index is -0.556. The van der Waals surface area contributed by atoms with Gasteiger partial charge in [-0.05, 0) is 36.8 Å². The van der Waals surface area contributed by atoms with Gasteiger partial charge in [-0.2, -0.15) is 0 Å². The highest BCUT2D eigenvalue weighted by Gasteiger charge is 2.06. The van der Waals surface area contributed by atoms with Crippen LogP contribution in [0.2, 0.25) is 10.0 Å². The van der Waals surface area contributed by atoms with Crippen LogP contribution in [-0.4, -0.2) is 16.4 Å². The normalized spacial score (nSPS) is 12.8. The largest absolute Gasteiger partial charge is 0.506 e. The van der Waals surface area contributed by atoms with E-state index in [0.29, 0.717) is 16.3 Å². The van der Waals surface area contributed by atoms with Crippen molar-refractivity contribution in [3.63, 3.8) is 0 Å². The number of benzene rings is 2. The highest BCUT2D eigenvalue weighted by atomic mass is 35.5.